The van der Waals surface area contributed by atoms with E-state index in [2.05, 4.69) is 31.2 Å². The number of hydrogen-bond donors (Lipinski definition) is 1. The SMILES string of the molecule is CCCCC/C=C\C/C=C/CCCCCCCC(=O)OCCOCCO. The zero-order valence-electron chi connectivity index (χ0n) is 16.8. The summed E-state index contributed by atoms with van der Waals surface area (Å²) < 4.78 is 10.1. The summed E-state index contributed by atoms with van der Waals surface area (Å²) in [6.07, 6.45) is 22.6. The van der Waals surface area contributed by atoms with E-state index in [1.54, 1.807) is 0 Å². The molecule has 0 aliphatic carbocycles. The minimum Gasteiger partial charge on any atom is -0.463 e. The van der Waals surface area contributed by atoms with Crippen LogP contribution in [-0.4, -0.2) is 37.5 Å². The second-order valence-corrected chi connectivity index (χ2v) is 6.54. The van der Waals surface area contributed by atoms with E-state index in [4.69, 9.17) is 14.6 Å². The largest absolute Gasteiger partial charge is 0.463 e. The molecule has 0 radical (unpaired) electrons. The van der Waals surface area contributed by atoms with Crippen LogP contribution in [0.1, 0.15) is 84.0 Å². The van der Waals surface area contributed by atoms with Gasteiger partial charge in [-0.2, -0.15) is 0 Å². The van der Waals surface area contributed by atoms with Crippen molar-refractivity contribution < 1.29 is 19.4 Å². The Balaban J connectivity index is 3.25. The highest BCUT2D eigenvalue weighted by molar-refractivity contribution is 5.69. The molecule has 0 unspecified atom stereocenters. The first-order valence-electron chi connectivity index (χ1n) is 10.5. The summed E-state index contributed by atoms with van der Waals surface area (Å²) in [5.74, 6) is -0.150. The molecule has 0 atom stereocenters. The maximum Gasteiger partial charge on any atom is 0.305 e. The zero-order chi connectivity index (χ0) is 19.1. The number of esters is 1. The Morgan fingerprint density at radius 3 is 2.15 bits per heavy atom. The molecule has 0 saturated carbocycles. The van der Waals surface area contributed by atoms with Crippen LogP contribution in [0, 0.1) is 0 Å². The molecule has 0 aromatic carbocycles. The number of unbranched alkanes of at least 4 members (excludes halogenated alkanes) is 8. The number of hydrogen-bond acceptors (Lipinski definition) is 4. The van der Waals surface area contributed by atoms with Crippen molar-refractivity contribution in [3.05, 3.63) is 24.3 Å². The van der Waals surface area contributed by atoms with E-state index >= 15 is 0 Å². The van der Waals surface area contributed by atoms with Crippen LogP contribution in [-0.2, 0) is 14.3 Å². The lowest BCUT2D eigenvalue weighted by atomic mass is 10.1. The predicted molar refractivity (Wildman–Crippen MR) is 108 cm³/mol. The van der Waals surface area contributed by atoms with Gasteiger partial charge in [-0.1, -0.05) is 63.3 Å². The highest BCUT2D eigenvalue weighted by Crippen LogP contribution is 2.08. The van der Waals surface area contributed by atoms with Crippen LogP contribution >= 0.6 is 0 Å². The van der Waals surface area contributed by atoms with E-state index in [0.29, 0.717) is 19.6 Å². The standard InChI is InChI=1S/C22H40O4/c1-2-3-4-5-6-7-8-9-10-11-12-13-14-15-16-17-22(24)26-21-20-25-19-18-23/h6-7,9-10,23H,2-5,8,11-21H2,1H3/b7-6-,10-9+. The molecule has 152 valence electrons. The van der Waals surface area contributed by atoms with Crippen LogP contribution in [0.15, 0.2) is 24.3 Å². The summed E-state index contributed by atoms with van der Waals surface area (Å²) >= 11 is 0. The van der Waals surface area contributed by atoms with Gasteiger partial charge in [-0.3, -0.25) is 4.79 Å². The Kier molecular flexibility index (Phi) is 21.0. The molecule has 0 amide bonds. The highest BCUT2D eigenvalue weighted by Gasteiger charge is 2.02. The number of allylic oxidation sites excluding steroid dienone is 4. The molecule has 0 aliphatic heterocycles. The Labute approximate surface area is 160 Å². The van der Waals surface area contributed by atoms with Crippen molar-refractivity contribution in [2.45, 2.75) is 84.0 Å². The fraction of sp³-hybridized carbons (Fsp3) is 0.773. The van der Waals surface area contributed by atoms with Crippen molar-refractivity contribution in [3.63, 3.8) is 0 Å². The molecule has 0 rings (SSSR count). The molecule has 4 heteroatoms. The Bertz CT molecular complexity index is 350. The van der Waals surface area contributed by atoms with Gasteiger partial charge in [0.05, 0.1) is 19.8 Å². The van der Waals surface area contributed by atoms with Gasteiger partial charge in [0, 0.05) is 6.42 Å². The van der Waals surface area contributed by atoms with E-state index in [1.165, 1.54) is 44.9 Å². The van der Waals surface area contributed by atoms with Crippen molar-refractivity contribution in [2.24, 2.45) is 0 Å². The number of carbonyl (C=O) groups excluding carboxylic acids is 1. The first-order chi connectivity index (χ1) is 12.8. The molecule has 0 bridgehead atoms. The van der Waals surface area contributed by atoms with E-state index in [9.17, 15) is 4.79 Å². The van der Waals surface area contributed by atoms with Crippen LogP contribution in [0.5, 0.6) is 0 Å². The van der Waals surface area contributed by atoms with Gasteiger partial charge in [0.15, 0.2) is 0 Å². The van der Waals surface area contributed by atoms with Gasteiger partial charge in [0.2, 0.25) is 0 Å². The molecule has 0 aromatic heterocycles. The lowest BCUT2D eigenvalue weighted by Gasteiger charge is -2.05. The summed E-state index contributed by atoms with van der Waals surface area (Å²) in [5.41, 5.74) is 0. The third-order valence-corrected chi connectivity index (χ3v) is 4.06. The molecule has 0 fully saturated rings. The minimum absolute atomic E-state index is 0.0000883. The first-order valence-corrected chi connectivity index (χ1v) is 10.5. The maximum absolute atomic E-state index is 11.5. The third kappa shape index (κ3) is 20.9. The fourth-order valence-electron chi connectivity index (χ4n) is 2.53. The molecule has 0 spiro atoms. The normalized spacial score (nSPS) is 11.6. The average molecular weight is 369 g/mol. The van der Waals surface area contributed by atoms with E-state index in [1.807, 2.05) is 0 Å². The second kappa shape index (κ2) is 21.9. The van der Waals surface area contributed by atoms with Gasteiger partial charge in [-0.15, -0.1) is 0 Å². The summed E-state index contributed by atoms with van der Waals surface area (Å²) in [6.45, 7) is 3.16. The number of aliphatic hydroxyl groups is 1. The van der Waals surface area contributed by atoms with E-state index < -0.39 is 0 Å². The van der Waals surface area contributed by atoms with E-state index in [0.717, 1.165) is 25.7 Å². The van der Waals surface area contributed by atoms with Crippen molar-refractivity contribution in [1.82, 2.24) is 0 Å². The van der Waals surface area contributed by atoms with Gasteiger partial charge < -0.3 is 14.6 Å². The van der Waals surface area contributed by atoms with Crippen LogP contribution in [0.4, 0.5) is 0 Å². The molecule has 0 aliphatic rings. The van der Waals surface area contributed by atoms with Gasteiger partial charge >= 0.3 is 5.97 Å². The fourth-order valence-corrected chi connectivity index (χ4v) is 2.53. The Morgan fingerprint density at radius 1 is 0.808 bits per heavy atom. The van der Waals surface area contributed by atoms with Crippen molar-refractivity contribution >= 4 is 5.97 Å². The molecule has 0 aromatic rings. The summed E-state index contributed by atoms with van der Waals surface area (Å²) in [5, 5.41) is 8.54. The Hall–Kier alpha value is -1.13. The predicted octanol–water partition coefficient (Wildman–Crippen LogP) is 5.35. The number of aliphatic hydroxyl groups excluding tert-OH is 1. The van der Waals surface area contributed by atoms with Crippen molar-refractivity contribution in [3.8, 4) is 0 Å². The zero-order valence-corrected chi connectivity index (χ0v) is 16.8. The Morgan fingerprint density at radius 2 is 1.46 bits per heavy atom. The van der Waals surface area contributed by atoms with Gasteiger partial charge in [-0.05, 0) is 38.5 Å². The molecular formula is C22H40O4. The van der Waals surface area contributed by atoms with Gasteiger partial charge in [0.1, 0.15) is 6.61 Å². The second-order valence-electron chi connectivity index (χ2n) is 6.54. The lowest BCUT2D eigenvalue weighted by molar-refractivity contribution is -0.145. The van der Waals surface area contributed by atoms with Gasteiger partial charge in [-0.25, -0.2) is 0 Å². The van der Waals surface area contributed by atoms with Crippen molar-refractivity contribution in [2.75, 3.05) is 26.4 Å². The highest BCUT2D eigenvalue weighted by atomic mass is 16.6. The molecule has 0 saturated heterocycles. The third-order valence-electron chi connectivity index (χ3n) is 4.06. The number of ether oxygens (including phenoxy) is 2. The molecule has 26 heavy (non-hydrogen) atoms. The lowest BCUT2D eigenvalue weighted by Crippen LogP contribution is -2.11. The molecule has 1 N–H and O–H groups in total. The molecule has 0 heterocycles. The average Bonchev–Trinajstić information content (AvgIpc) is 2.64. The molecular weight excluding hydrogens is 328 g/mol. The topological polar surface area (TPSA) is 55.8 Å². The van der Waals surface area contributed by atoms with Crippen LogP contribution in [0.25, 0.3) is 0 Å². The van der Waals surface area contributed by atoms with Crippen LogP contribution in [0.3, 0.4) is 0 Å². The van der Waals surface area contributed by atoms with Crippen LogP contribution < -0.4 is 0 Å². The van der Waals surface area contributed by atoms with E-state index in [-0.39, 0.29) is 19.2 Å². The van der Waals surface area contributed by atoms with Crippen LogP contribution in [0.2, 0.25) is 0 Å². The monoisotopic (exact) mass is 368 g/mol. The maximum atomic E-state index is 11.5. The number of rotatable bonds is 19. The van der Waals surface area contributed by atoms with Crippen molar-refractivity contribution in [1.29, 1.82) is 0 Å². The number of carbonyl (C=O) groups is 1. The minimum atomic E-state index is -0.150. The smallest absolute Gasteiger partial charge is 0.305 e. The first kappa shape index (κ1) is 24.9. The summed E-state index contributed by atoms with van der Waals surface area (Å²) in [4.78, 5) is 11.5. The molecule has 4 nitrogen and oxygen atoms in total. The summed E-state index contributed by atoms with van der Waals surface area (Å²) in [7, 11) is 0. The van der Waals surface area contributed by atoms with Gasteiger partial charge in [0.25, 0.3) is 0 Å². The quantitative estimate of drug-likeness (QED) is 0.190. The summed E-state index contributed by atoms with van der Waals surface area (Å²) in [6, 6.07) is 0.